The highest BCUT2D eigenvalue weighted by molar-refractivity contribution is 9.13. The highest BCUT2D eigenvalue weighted by Gasteiger charge is 2.15. The number of rotatable bonds is 4. The molecular weight excluding hydrogens is 463 g/mol. The molecule has 0 amide bonds. The molecule has 2 rings (SSSR count). The van der Waals surface area contributed by atoms with Gasteiger partial charge in [0.05, 0.1) is 14.3 Å². The van der Waals surface area contributed by atoms with E-state index in [0.717, 1.165) is 18.7 Å². The highest BCUT2D eigenvalue weighted by atomic mass is 79.9. The third kappa shape index (κ3) is 3.86. The predicted molar refractivity (Wildman–Crippen MR) is 87.6 cm³/mol. The van der Waals surface area contributed by atoms with Crippen LogP contribution in [-0.2, 0) is 6.42 Å². The first kappa shape index (κ1) is 15.6. The number of nitrogens with two attached hydrogens (primary N) is 1. The number of nitrogens with one attached hydrogen (secondary N) is 1. The molecule has 0 aliphatic carbocycles. The Hall–Kier alpha value is 0.210. The quantitative estimate of drug-likeness (QED) is 0.489. The molecule has 0 radical (unpaired) electrons. The predicted octanol–water partition coefficient (Wildman–Crippen LogP) is 4.92. The van der Waals surface area contributed by atoms with Crippen molar-refractivity contribution in [3.05, 3.63) is 53.3 Å². The molecule has 0 bridgehead atoms. The number of benzene rings is 1. The average Bonchev–Trinajstić information content (AvgIpc) is 2.71. The van der Waals surface area contributed by atoms with Crippen LogP contribution in [0.5, 0.6) is 0 Å². The summed E-state index contributed by atoms with van der Waals surface area (Å²) in [4.78, 5) is 1.11. The van der Waals surface area contributed by atoms with Crippen molar-refractivity contribution < 1.29 is 4.39 Å². The Morgan fingerprint density at radius 2 is 1.95 bits per heavy atom. The van der Waals surface area contributed by atoms with Crippen LogP contribution in [0, 0.1) is 5.82 Å². The molecular formula is C12H10Br3FN2S. The van der Waals surface area contributed by atoms with Crippen LogP contribution in [-0.4, -0.2) is 0 Å². The second kappa shape index (κ2) is 6.78. The molecule has 0 aliphatic rings. The van der Waals surface area contributed by atoms with Gasteiger partial charge in [-0.05, 0) is 78.0 Å². The van der Waals surface area contributed by atoms with Crippen LogP contribution >= 0.6 is 59.1 Å². The Balaban J connectivity index is 2.21. The number of hydrazine groups is 1. The molecule has 19 heavy (non-hydrogen) atoms. The fourth-order valence-corrected chi connectivity index (χ4v) is 4.26. The SMILES string of the molecule is NNC(Cc1ccc(F)c(Br)c1)c1cc(Br)c(Br)s1. The zero-order valence-corrected chi connectivity index (χ0v) is 15.2. The molecule has 0 saturated carbocycles. The molecule has 2 nitrogen and oxygen atoms in total. The van der Waals surface area contributed by atoms with Crippen LogP contribution in [0.3, 0.4) is 0 Å². The van der Waals surface area contributed by atoms with Crippen molar-refractivity contribution in [2.45, 2.75) is 12.5 Å². The molecule has 0 spiro atoms. The van der Waals surface area contributed by atoms with Crippen molar-refractivity contribution in [2.75, 3.05) is 0 Å². The Morgan fingerprint density at radius 1 is 1.21 bits per heavy atom. The van der Waals surface area contributed by atoms with Crippen molar-refractivity contribution in [1.82, 2.24) is 5.43 Å². The Kier molecular flexibility index (Phi) is 5.56. The summed E-state index contributed by atoms with van der Waals surface area (Å²) in [6, 6.07) is 7.01. The second-order valence-electron chi connectivity index (χ2n) is 3.94. The molecule has 1 atom stereocenters. The van der Waals surface area contributed by atoms with Gasteiger partial charge in [0.2, 0.25) is 0 Å². The van der Waals surface area contributed by atoms with Gasteiger partial charge >= 0.3 is 0 Å². The number of hydrogen-bond acceptors (Lipinski definition) is 3. The van der Waals surface area contributed by atoms with Crippen molar-refractivity contribution in [2.24, 2.45) is 5.84 Å². The lowest BCUT2D eigenvalue weighted by Crippen LogP contribution is -2.28. The Morgan fingerprint density at radius 3 is 2.47 bits per heavy atom. The highest BCUT2D eigenvalue weighted by Crippen LogP contribution is 2.36. The third-order valence-corrected chi connectivity index (χ3v) is 6.61. The fraction of sp³-hybridized carbons (Fsp3) is 0.167. The van der Waals surface area contributed by atoms with Crippen LogP contribution < -0.4 is 11.3 Å². The first-order valence-electron chi connectivity index (χ1n) is 5.36. The third-order valence-electron chi connectivity index (χ3n) is 2.63. The Bertz CT molecular complexity index is 569. The van der Waals surface area contributed by atoms with Crippen molar-refractivity contribution in [1.29, 1.82) is 0 Å². The normalized spacial score (nSPS) is 12.7. The van der Waals surface area contributed by atoms with E-state index in [9.17, 15) is 4.39 Å². The summed E-state index contributed by atoms with van der Waals surface area (Å²) in [7, 11) is 0. The maximum Gasteiger partial charge on any atom is 0.137 e. The summed E-state index contributed by atoms with van der Waals surface area (Å²) in [6.07, 6.45) is 0.689. The molecule has 2 aromatic rings. The maximum atomic E-state index is 13.2. The molecule has 0 fully saturated rings. The van der Waals surface area contributed by atoms with Crippen molar-refractivity contribution in [3.63, 3.8) is 0 Å². The zero-order chi connectivity index (χ0) is 14.0. The van der Waals surface area contributed by atoms with E-state index in [1.54, 1.807) is 23.5 Å². The van der Waals surface area contributed by atoms with Gasteiger partial charge in [0.1, 0.15) is 5.82 Å². The molecule has 1 heterocycles. The van der Waals surface area contributed by atoms with Crippen molar-refractivity contribution >= 4 is 59.1 Å². The summed E-state index contributed by atoms with van der Waals surface area (Å²) in [5.41, 5.74) is 3.81. The standard InChI is InChI=1S/C12H10Br3FN2S/c13-7-3-6(1-2-9(7)16)4-10(18-17)11-5-8(14)12(15)19-11/h1-3,5,10,18H,4,17H2. The van der Waals surface area contributed by atoms with Gasteiger partial charge in [-0.2, -0.15) is 0 Å². The summed E-state index contributed by atoms with van der Waals surface area (Å²) in [5.74, 6) is 5.36. The van der Waals surface area contributed by atoms with Gasteiger partial charge in [-0.3, -0.25) is 11.3 Å². The van der Waals surface area contributed by atoms with Gasteiger partial charge in [-0.25, -0.2) is 4.39 Å². The molecule has 1 unspecified atom stereocenters. The molecule has 1 aromatic heterocycles. The zero-order valence-electron chi connectivity index (χ0n) is 9.59. The van der Waals surface area contributed by atoms with Gasteiger partial charge in [-0.1, -0.05) is 6.07 Å². The van der Waals surface area contributed by atoms with Gasteiger partial charge in [0, 0.05) is 9.35 Å². The lowest BCUT2D eigenvalue weighted by Gasteiger charge is -2.14. The Labute approximate surface area is 139 Å². The first-order chi connectivity index (χ1) is 9.01. The van der Waals surface area contributed by atoms with Gasteiger partial charge in [-0.15, -0.1) is 11.3 Å². The van der Waals surface area contributed by atoms with E-state index in [1.807, 2.05) is 6.07 Å². The van der Waals surface area contributed by atoms with E-state index in [1.165, 1.54) is 6.07 Å². The van der Waals surface area contributed by atoms with E-state index in [2.05, 4.69) is 53.2 Å². The van der Waals surface area contributed by atoms with E-state index >= 15 is 0 Å². The van der Waals surface area contributed by atoms with Crippen LogP contribution in [0.1, 0.15) is 16.5 Å². The van der Waals surface area contributed by atoms with Crippen LogP contribution in [0.25, 0.3) is 0 Å². The van der Waals surface area contributed by atoms with E-state index in [0.29, 0.717) is 10.9 Å². The minimum absolute atomic E-state index is 0.00930. The fourth-order valence-electron chi connectivity index (χ4n) is 1.68. The molecule has 1 aromatic carbocycles. The summed E-state index contributed by atoms with van der Waals surface area (Å²) < 4.78 is 15.7. The van der Waals surface area contributed by atoms with Gasteiger partial charge < -0.3 is 0 Å². The van der Waals surface area contributed by atoms with Gasteiger partial charge in [0.25, 0.3) is 0 Å². The topological polar surface area (TPSA) is 38.0 Å². The first-order valence-corrected chi connectivity index (χ1v) is 8.55. The summed E-state index contributed by atoms with van der Waals surface area (Å²) in [5, 5.41) is 0. The monoisotopic (exact) mass is 470 g/mol. The minimum atomic E-state index is -0.261. The average molecular weight is 473 g/mol. The number of halogens is 4. The van der Waals surface area contributed by atoms with E-state index < -0.39 is 0 Å². The summed E-state index contributed by atoms with van der Waals surface area (Å²) >= 11 is 11.7. The smallest absolute Gasteiger partial charge is 0.137 e. The number of thiophene rings is 1. The molecule has 0 aliphatic heterocycles. The van der Waals surface area contributed by atoms with E-state index in [-0.39, 0.29) is 11.9 Å². The van der Waals surface area contributed by atoms with Crippen LogP contribution in [0.2, 0.25) is 0 Å². The summed E-state index contributed by atoms with van der Waals surface area (Å²) in [6.45, 7) is 0. The largest absolute Gasteiger partial charge is 0.271 e. The van der Waals surface area contributed by atoms with Gasteiger partial charge in [0.15, 0.2) is 0 Å². The van der Waals surface area contributed by atoms with Crippen molar-refractivity contribution in [3.8, 4) is 0 Å². The molecule has 7 heteroatoms. The lowest BCUT2D eigenvalue weighted by molar-refractivity contribution is 0.558. The number of hydrogen-bond donors (Lipinski definition) is 2. The van der Waals surface area contributed by atoms with Crippen LogP contribution in [0.15, 0.2) is 37.0 Å². The second-order valence-corrected chi connectivity index (χ2v) is 8.05. The molecule has 0 saturated heterocycles. The molecule has 102 valence electrons. The maximum absolute atomic E-state index is 13.2. The lowest BCUT2D eigenvalue weighted by atomic mass is 10.1. The van der Waals surface area contributed by atoms with E-state index in [4.69, 9.17) is 5.84 Å². The minimum Gasteiger partial charge on any atom is -0.271 e. The van der Waals surface area contributed by atoms with Crippen LogP contribution in [0.4, 0.5) is 4.39 Å². The molecule has 3 N–H and O–H groups in total.